The SMILES string of the molecule is O=C1OC(/C=C\c2ccccc2)=NC/1=C\c1cc(Cl)cc(Cl)c1O. The normalized spacial score (nSPS) is 15.8. The van der Waals surface area contributed by atoms with E-state index in [-0.39, 0.29) is 27.9 Å². The van der Waals surface area contributed by atoms with Crippen molar-refractivity contribution in [2.45, 2.75) is 0 Å². The Bertz CT molecular complexity index is 887. The maximum absolute atomic E-state index is 11.9. The number of aromatic hydroxyl groups is 1. The molecular formula is C18H11Cl2NO3. The van der Waals surface area contributed by atoms with Crippen molar-refractivity contribution < 1.29 is 14.6 Å². The number of phenolic OH excluding ortho intramolecular Hbond substituents is 1. The van der Waals surface area contributed by atoms with Gasteiger partial charge in [0.25, 0.3) is 0 Å². The van der Waals surface area contributed by atoms with E-state index < -0.39 is 5.97 Å². The fourth-order valence-corrected chi connectivity index (χ4v) is 2.58. The zero-order chi connectivity index (χ0) is 17.1. The van der Waals surface area contributed by atoms with Crippen molar-refractivity contribution in [3.05, 3.63) is 75.4 Å². The molecule has 4 nitrogen and oxygen atoms in total. The van der Waals surface area contributed by atoms with Crippen molar-refractivity contribution in [3.63, 3.8) is 0 Å². The molecule has 0 bridgehead atoms. The molecule has 3 rings (SSSR count). The van der Waals surface area contributed by atoms with Crippen LogP contribution in [-0.2, 0) is 9.53 Å². The second-order valence-corrected chi connectivity index (χ2v) is 5.78. The molecule has 24 heavy (non-hydrogen) atoms. The van der Waals surface area contributed by atoms with E-state index in [1.807, 2.05) is 30.3 Å². The molecule has 0 aromatic heterocycles. The average molecular weight is 360 g/mol. The van der Waals surface area contributed by atoms with Gasteiger partial charge in [0.1, 0.15) is 5.75 Å². The quantitative estimate of drug-likeness (QED) is 0.637. The number of ether oxygens (including phenoxy) is 1. The number of hydrogen-bond acceptors (Lipinski definition) is 4. The average Bonchev–Trinajstić information content (AvgIpc) is 2.91. The van der Waals surface area contributed by atoms with Gasteiger partial charge in [-0.2, -0.15) is 0 Å². The predicted octanol–water partition coefficient (Wildman–Crippen LogP) is 4.71. The third-order valence-corrected chi connectivity index (χ3v) is 3.71. The highest BCUT2D eigenvalue weighted by atomic mass is 35.5. The summed E-state index contributed by atoms with van der Waals surface area (Å²) in [6.07, 6.45) is 4.75. The van der Waals surface area contributed by atoms with Crippen LogP contribution in [-0.4, -0.2) is 17.0 Å². The van der Waals surface area contributed by atoms with Crippen LogP contribution in [0.15, 0.2) is 59.2 Å². The van der Waals surface area contributed by atoms with Gasteiger partial charge >= 0.3 is 5.97 Å². The van der Waals surface area contributed by atoms with Gasteiger partial charge in [0.05, 0.1) is 5.02 Å². The van der Waals surface area contributed by atoms with Gasteiger partial charge in [-0.25, -0.2) is 9.79 Å². The molecule has 0 radical (unpaired) electrons. The highest BCUT2D eigenvalue weighted by Crippen LogP contribution is 2.33. The summed E-state index contributed by atoms with van der Waals surface area (Å²) in [5.41, 5.74) is 1.29. The molecule has 2 aromatic carbocycles. The van der Waals surface area contributed by atoms with E-state index in [0.717, 1.165) is 5.56 Å². The zero-order valence-electron chi connectivity index (χ0n) is 12.2. The summed E-state index contributed by atoms with van der Waals surface area (Å²) in [7, 11) is 0. The zero-order valence-corrected chi connectivity index (χ0v) is 13.8. The molecule has 120 valence electrons. The van der Waals surface area contributed by atoms with Gasteiger partial charge < -0.3 is 9.84 Å². The van der Waals surface area contributed by atoms with Crippen LogP contribution in [0.5, 0.6) is 5.75 Å². The first kappa shape index (κ1) is 16.3. The van der Waals surface area contributed by atoms with Crippen LogP contribution in [0.4, 0.5) is 0 Å². The Balaban J connectivity index is 1.88. The highest BCUT2D eigenvalue weighted by molar-refractivity contribution is 6.36. The molecule has 0 saturated carbocycles. The molecular weight excluding hydrogens is 349 g/mol. The lowest BCUT2D eigenvalue weighted by Gasteiger charge is -2.02. The number of halogens is 2. The summed E-state index contributed by atoms with van der Waals surface area (Å²) in [4.78, 5) is 16.0. The first-order valence-corrected chi connectivity index (χ1v) is 7.72. The molecule has 0 atom stereocenters. The summed E-state index contributed by atoms with van der Waals surface area (Å²) in [6, 6.07) is 12.4. The first-order chi connectivity index (χ1) is 11.5. The fraction of sp³-hybridized carbons (Fsp3) is 0. The molecule has 1 aliphatic heterocycles. The second kappa shape index (κ2) is 6.91. The minimum absolute atomic E-state index is 0.0522. The molecule has 1 aliphatic rings. The van der Waals surface area contributed by atoms with E-state index in [9.17, 15) is 9.90 Å². The van der Waals surface area contributed by atoms with Gasteiger partial charge in [0.2, 0.25) is 5.90 Å². The lowest BCUT2D eigenvalue weighted by molar-refractivity contribution is -0.129. The summed E-state index contributed by atoms with van der Waals surface area (Å²) in [6.45, 7) is 0. The Morgan fingerprint density at radius 2 is 1.83 bits per heavy atom. The molecule has 6 heteroatoms. The summed E-state index contributed by atoms with van der Waals surface area (Å²) < 4.78 is 5.08. The molecule has 0 amide bonds. The van der Waals surface area contributed by atoms with Crippen LogP contribution in [0.25, 0.3) is 12.2 Å². The van der Waals surface area contributed by atoms with Crippen LogP contribution in [0, 0.1) is 0 Å². The van der Waals surface area contributed by atoms with E-state index in [0.29, 0.717) is 5.02 Å². The van der Waals surface area contributed by atoms with Crippen LogP contribution < -0.4 is 0 Å². The Kier molecular flexibility index (Phi) is 4.69. The summed E-state index contributed by atoms with van der Waals surface area (Å²) in [5, 5.41) is 10.4. The van der Waals surface area contributed by atoms with Gasteiger partial charge in [0, 0.05) is 16.7 Å². The fourth-order valence-electron chi connectivity index (χ4n) is 2.07. The largest absolute Gasteiger partial charge is 0.506 e. The molecule has 0 aliphatic carbocycles. The molecule has 1 N–H and O–H groups in total. The standard InChI is InChI=1S/C18H11Cl2NO3/c19-13-8-12(17(22)14(20)10-13)9-15-18(23)24-16(21-15)7-6-11-4-2-1-3-5-11/h1-10,22H/b7-6-,15-9-. The number of nitrogens with zero attached hydrogens (tertiary/aromatic N) is 1. The Labute approximate surface area is 148 Å². The number of hydrogen-bond donors (Lipinski definition) is 1. The predicted molar refractivity (Wildman–Crippen MR) is 95.1 cm³/mol. The van der Waals surface area contributed by atoms with Crippen molar-refractivity contribution >= 4 is 47.2 Å². The molecule has 0 spiro atoms. The molecule has 0 unspecified atom stereocenters. The van der Waals surface area contributed by atoms with Gasteiger partial charge in [0.15, 0.2) is 5.70 Å². The Morgan fingerprint density at radius 1 is 1.08 bits per heavy atom. The Morgan fingerprint density at radius 3 is 2.58 bits per heavy atom. The second-order valence-electron chi connectivity index (χ2n) is 4.94. The maximum atomic E-state index is 11.9. The number of benzene rings is 2. The van der Waals surface area contributed by atoms with Crippen LogP contribution >= 0.6 is 23.2 Å². The van der Waals surface area contributed by atoms with E-state index >= 15 is 0 Å². The van der Waals surface area contributed by atoms with E-state index in [1.54, 1.807) is 12.2 Å². The molecule has 0 fully saturated rings. The minimum Gasteiger partial charge on any atom is -0.506 e. The van der Waals surface area contributed by atoms with Crippen molar-refractivity contribution in [1.29, 1.82) is 0 Å². The van der Waals surface area contributed by atoms with Crippen molar-refractivity contribution in [2.24, 2.45) is 4.99 Å². The summed E-state index contributed by atoms with van der Waals surface area (Å²) >= 11 is 11.8. The lowest BCUT2D eigenvalue weighted by Crippen LogP contribution is -2.01. The van der Waals surface area contributed by atoms with Gasteiger partial charge in [-0.3, -0.25) is 0 Å². The number of aliphatic imine (C=N–C) groups is 1. The molecule has 1 heterocycles. The third-order valence-electron chi connectivity index (χ3n) is 3.20. The number of rotatable bonds is 3. The van der Waals surface area contributed by atoms with E-state index in [4.69, 9.17) is 27.9 Å². The van der Waals surface area contributed by atoms with Crippen LogP contribution in [0.3, 0.4) is 0 Å². The van der Waals surface area contributed by atoms with Crippen molar-refractivity contribution in [2.75, 3.05) is 0 Å². The van der Waals surface area contributed by atoms with Crippen molar-refractivity contribution in [3.8, 4) is 5.75 Å². The van der Waals surface area contributed by atoms with E-state index in [2.05, 4.69) is 4.99 Å². The Hall–Kier alpha value is -2.56. The number of phenols is 1. The highest BCUT2D eigenvalue weighted by Gasteiger charge is 2.22. The lowest BCUT2D eigenvalue weighted by atomic mass is 10.1. The number of carbonyl (C=O) groups excluding carboxylic acids is 1. The monoisotopic (exact) mass is 359 g/mol. The van der Waals surface area contributed by atoms with Crippen LogP contribution in [0.1, 0.15) is 11.1 Å². The van der Waals surface area contributed by atoms with E-state index in [1.165, 1.54) is 18.2 Å². The molecule has 0 saturated heterocycles. The number of cyclic esters (lactones) is 1. The number of carbonyl (C=O) groups is 1. The van der Waals surface area contributed by atoms with Gasteiger partial charge in [-0.1, -0.05) is 53.5 Å². The topological polar surface area (TPSA) is 58.9 Å². The van der Waals surface area contributed by atoms with Gasteiger partial charge in [-0.15, -0.1) is 0 Å². The van der Waals surface area contributed by atoms with Gasteiger partial charge in [-0.05, 0) is 29.8 Å². The molecule has 2 aromatic rings. The summed E-state index contributed by atoms with van der Waals surface area (Å²) in [5.74, 6) is -0.620. The smallest absolute Gasteiger partial charge is 0.363 e. The number of esters is 1. The minimum atomic E-state index is -0.613. The third kappa shape index (κ3) is 3.67. The van der Waals surface area contributed by atoms with Crippen LogP contribution in [0.2, 0.25) is 10.0 Å². The maximum Gasteiger partial charge on any atom is 0.363 e. The first-order valence-electron chi connectivity index (χ1n) is 6.96. The van der Waals surface area contributed by atoms with Crippen molar-refractivity contribution in [1.82, 2.24) is 0 Å².